The van der Waals surface area contributed by atoms with Crippen molar-refractivity contribution in [2.45, 2.75) is 106 Å². The summed E-state index contributed by atoms with van der Waals surface area (Å²) in [5.74, 6) is 0. The molecule has 0 saturated carbocycles. The number of benzene rings is 2. The average Bonchev–Trinajstić information content (AvgIpc) is 3.80. The lowest BCUT2D eigenvalue weighted by Gasteiger charge is -2.30. The fourth-order valence-electron chi connectivity index (χ4n) is 6.98. The highest BCUT2D eigenvalue weighted by Crippen LogP contribution is 2.33. The Labute approximate surface area is 385 Å². The summed E-state index contributed by atoms with van der Waals surface area (Å²) in [6, 6.07) is 16.6. The van der Waals surface area contributed by atoms with Crippen LogP contribution in [0.25, 0.3) is 40.2 Å². The van der Waals surface area contributed by atoms with E-state index in [9.17, 15) is 9.59 Å². The summed E-state index contributed by atoms with van der Waals surface area (Å²) in [4.78, 5) is 41.3. The molecule has 320 valence electrons. The molecule has 61 heavy (non-hydrogen) atoms. The number of amides is 2. The first kappa shape index (κ1) is 31.2. The molecule has 6 heterocycles. The predicted molar refractivity (Wildman–Crippen MR) is 252 cm³/mol. The van der Waals surface area contributed by atoms with Crippen molar-refractivity contribution >= 4 is 68.3 Å². The van der Waals surface area contributed by atoms with E-state index in [2.05, 4.69) is 30.9 Å². The Morgan fingerprint density at radius 2 is 1.30 bits per heavy atom. The molecule has 2 aliphatic heterocycles. The van der Waals surface area contributed by atoms with Gasteiger partial charge in [0.1, 0.15) is 11.2 Å². The molecule has 11 heteroatoms. The number of pyridine rings is 2. The van der Waals surface area contributed by atoms with E-state index < -0.39 is 44.7 Å². The minimum atomic E-state index is -2.27. The zero-order chi connectivity index (χ0) is 54.1. The van der Waals surface area contributed by atoms with Crippen molar-refractivity contribution in [3.63, 3.8) is 0 Å². The van der Waals surface area contributed by atoms with Crippen LogP contribution >= 0.6 is 15.9 Å². The summed E-state index contributed by atoms with van der Waals surface area (Å²) >= 11 is 3.12. The number of aromatic amines is 1. The summed E-state index contributed by atoms with van der Waals surface area (Å²) in [6.07, 6.45) is 9.04. The van der Waals surface area contributed by atoms with E-state index in [-0.39, 0.29) is 23.0 Å². The number of rotatable bonds is 3. The van der Waals surface area contributed by atoms with E-state index in [0.29, 0.717) is 44.6 Å². The van der Waals surface area contributed by atoms with Gasteiger partial charge in [0.05, 0.1) is 18.6 Å². The maximum Gasteiger partial charge on any atom is 0.410 e. The molecule has 2 aromatic carbocycles. The standard InChI is InChI=1S/C25H29N3O2.C17H22N2O2.C8H8BrN/c1-17-6-9-22-20(14-17)21-16-27(24(29)30-25(3,4)5)12-11-23(21)28(22)13-10-19-8-7-18(2)26-15-19;1-11-5-6-14-12(9-11)13-10-19(8-7-15(13)18-14)16(20)21-17(2,3)4;1-7-2-3-8(4-5-9)6-10-7/h6-10,13-15H,11-12,16H2,1-5H3;5-6,9,18H,7-8,10H2,1-4H3;2-6H,1H3/b13-10+;;5-4-/i1D3,2D3;2*1D3. The minimum Gasteiger partial charge on any atom is -0.444 e. The highest BCUT2D eigenvalue weighted by atomic mass is 79.9. The largest absolute Gasteiger partial charge is 0.444 e. The molecule has 0 fully saturated rings. The van der Waals surface area contributed by atoms with Gasteiger partial charge in [0, 0.05) is 111 Å². The molecular formula is C50H59BrN6O4. The Hall–Kier alpha value is -5.68. The summed E-state index contributed by atoms with van der Waals surface area (Å²) < 4.78 is 103. The molecule has 0 bridgehead atoms. The lowest BCUT2D eigenvalue weighted by Crippen LogP contribution is -2.40. The van der Waals surface area contributed by atoms with Gasteiger partial charge in [-0.2, -0.15) is 0 Å². The third kappa shape index (κ3) is 11.8. The molecule has 4 aromatic heterocycles. The van der Waals surface area contributed by atoms with Gasteiger partial charge in [-0.15, -0.1) is 0 Å². The topological polar surface area (TPSA) is 106 Å². The molecule has 1 N–H and O–H groups in total. The van der Waals surface area contributed by atoms with Crippen LogP contribution in [0.3, 0.4) is 0 Å². The number of halogens is 1. The van der Waals surface area contributed by atoms with Crippen LogP contribution in [0.1, 0.15) is 114 Å². The monoisotopic (exact) mass is 898 g/mol. The molecule has 0 atom stereocenters. The minimum absolute atomic E-state index is 0.0304. The SMILES string of the molecule is [2H]C([2H])([2H])c1ccc(/C=C\Br)cn1.[2H]C([2H])([2H])c1ccc2[nH]c3c(c2c1)CN(C(=O)OC(C)(C)C)CC3.[2H]C([2H])([2H])c1ccc2c(c1)c1c(n2/C=C/c2ccc(C([2H])([2H])[2H])nc2)CCN(C(=O)OC(C)(C)C)C1. The average molecular weight is 900 g/mol. The van der Waals surface area contributed by atoms with Gasteiger partial charge < -0.3 is 28.8 Å². The quantitative estimate of drug-likeness (QED) is 0.190. The van der Waals surface area contributed by atoms with Crippen LogP contribution in [0.15, 0.2) is 78.0 Å². The van der Waals surface area contributed by atoms with Gasteiger partial charge >= 0.3 is 12.2 Å². The molecule has 0 radical (unpaired) electrons. The van der Waals surface area contributed by atoms with Gasteiger partial charge in [0.2, 0.25) is 0 Å². The Balaban J connectivity index is 0.000000201. The van der Waals surface area contributed by atoms with Gasteiger partial charge in [0.25, 0.3) is 0 Å². The third-order valence-electron chi connectivity index (χ3n) is 9.71. The second-order valence-electron chi connectivity index (χ2n) is 16.7. The molecule has 0 unspecified atom stereocenters. The lowest BCUT2D eigenvalue weighted by molar-refractivity contribution is 0.0214. The molecule has 0 aliphatic carbocycles. The first-order chi connectivity index (χ1) is 33.7. The lowest BCUT2D eigenvalue weighted by atomic mass is 10.0. The number of nitrogens with one attached hydrogen (secondary N) is 1. The van der Waals surface area contributed by atoms with Gasteiger partial charge in [-0.05, 0) is 134 Å². The van der Waals surface area contributed by atoms with Crippen LogP contribution in [0, 0.1) is 27.4 Å². The van der Waals surface area contributed by atoms with Gasteiger partial charge in [0.15, 0.2) is 0 Å². The molecule has 0 spiro atoms. The van der Waals surface area contributed by atoms with Gasteiger partial charge in [-0.25, -0.2) is 9.59 Å². The molecule has 0 saturated heterocycles. The molecule has 10 nitrogen and oxygen atoms in total. The second-order valence-corrected chi connectivity index (χ2v) is 17.3. The van der Waals surface area contributed by atoms with E-state index in [1.54, 1.807) is 69.4 Å². The van der Waals surface area contributed by atoms with Crippen molar-refractivity contribution in [2.24, 2.45) is 0 Å². The normalized spacial score (nSPS) is 17.8. The number of carbonyl (C=O) groups is 2. The maximum atomic E-state index is 12.7. The zero-order valence-corrected chi connectivity index (χ0v) is 36.8. The van der Waals surface area contributed by atoms with Gasteiger partial charge in [-0.1, -0.05) is 51.3 Å². The smallest absolute Gasteiger partial charge is 0.410 e. The third-order valence-corrected chi connectivity index (χ3v) is 9.98. The Kier molecular flexibility index (Phi) is 9.69. The fraction of sp³-hybridized carbons (Fsp3) is 0.360. The van der Waals surface area contributed by atoms with E-state index >= 15 is 0 Å². The van der Waals surface area contributed by atoms with Crippen molar-refractivity contribution in [3.8, 4) is 0 Å². The van der Waals surface area contributed by atoms with E-state index in [1.807, 2.05) is 58.4 Å². The molecule has 2 aliphatic rings. The number of nitrogens with zero attached hydrogens (tertiary/aromatic N) is 5. The van der Waals surface area contributed by atoms with Crippen LogP contribution < -0.4 is 0 Å². The number of ether oxygens (including phenoxy) is 2. The zero-order valence-electron chi connectivity index (χ0n) is 47.2. The summed E-state index contributed by atoms with van der Waals surface area (Å²) in [6.45, 7) is 3.99. The first-order valence-electron chi connectivity index (χ1n) is 25.9. The summed E-state index contributed by atoms with van der Waals surface area (Å²) in [5, 5.41) is 1.64. The highest BCUT2D eigenvalue weighted by Gasteiger charge is 2.30. The number of carbonyl (C=O) groups excluding carboxylic acids is 2. The maximum absolute atomic E-state index is 12.7. The Bertz CT molecular complexity index is 3000. The molecular weight excluding hydrogens is 828 g/mol. The van der Waals surface area contributed by atoms with Crippen molar-refractivity contribution in [3.05, 3.63) is 134 Å². The van der Waals surface area contributed by atoms with E-state index in [4.69, 9.17) is 25.9 Å². The van der Waals surface area contributed by atoms with E-state index in [1.165, 1.54) is 24.5 Å². The summed E-state index contributed by atoms with van der Waals surface area (Å²) in [7, 11) is 0. The highest BCUT2D eigenvalue weighted by molar-refractivity contribution is 9.11. The number of aromatic nitrogens is 4. The Morgan fingerprint density at radius 1 is 0.721 bits per heavy atom. The van der Waals surface area contributed by atoms with Crippen LogP contribution in [0.2, 0.25) is 0 Å². The first-order valence-corrected chi connectivity index (χ1v) is 20.8. The van der Waals surface area contributed by atoms with Crippen LogP contribution in [-0.4, -0.2) is 65.8 Å². The van der Waals surface area contributed by atoms with Crippen molar-refractivity contribution in [1.29, 1.82) is 0 Å². The summed E-state index contributed by atoms with van der Waals surface area (Å²) in [5.41, 5.74) is 6.77. The van der Waals surface area contributed by atoms with Crippen molar-refractivity contribution < 1.29 is 35.5 Å². The predicted octanol–water partition coefficient (Wildman–Crippen LogP) is 12.1. The Morgan fingerprint density at radius 3 is 1.85 bits per heavy atom. The van der Waals surface area contributed by atoms with Crippen LogP contribution in [-0.2, 0) is 35.4 Å². The molecule has 2 amide bonds. The van der Waals surface area contributed by atoms with Crippen LogP contribution in [0.5, 0.6) is 0 Å². The molecule has 6 aromatic rings. The second kappa shape index (κ2) is 18.9. The number of aryl methyl sites for hydroxylation is 4. The number of hydrogen-bond donors (Lipinski definition) is 1. The van der Waals surface area contributed by atoms with E-state index in [0.717, 1.165) is 55.4 Å². The number of hydrogen-bond acceptors (Lipinski definition) is 6. The molecule has 8 rings (SSSR count). The van der Waals surface area contributed by atoms with Crippen molar-refractivity contribution in [1.82, 2.24) is 29.3 Å². The van der Waals surface area contributed by atoms with Gasteiger partial charge in [-0.3, -0.25) is 9.97 Å². The number of fused-ring (bicyclic) bond motifs is 6. The van der Waals surface area contributed by atoms with Crippen LogP contribution in [0.4, 0.5) is 9.59 Å². The number of H-pyrrole nitrogens is 1. The fourth-order valence-corrected chi connectivity index (χ4v) is 7.29. The van der Waals surface area contributed by atoms with Crippen molar-refractivity contribution in [2.75, 3.05) is 13.1 Å².